The van der Waals surface area contributed by atoms with Crippen LogP contribution in [0.1, 0.15) is 12.8 Å². The molecule has 1 aromatic carbocycles. The molecule has 96 valence electrons. The largest absolute Gasteiger partial charge is 0.399 e. The molecule has 0 unspecified atom stereocenters. The van der Waals surface area contributed by atoms with Crippen molar-refractivity contribution in [2.45, 2.75) is 18.9 Å². The number of nitrogens with one attached hydrogen (secondary N) is 1. The number of nitrogens with zero attached hydrogens (tertiary/aromatic N) is 2. The van der Waals surface area contributed by atoms with Crippen LogP contribution >= 0.6 is 0 Å². The van der Waals surface area contributed by atoms with Crippen molar-refractivity contribution in [1.29, 1.82) is 0 Å². The van der Waals surface area contributed by atoms with E-state index < -0.39 is 0 Å². The van der Waals surface area contributed by atoms with Gasteiger partial charge in [0.2, 0.25) is 5.95 Å². The monoisotopic (exact) mass is 246 g/mol. The number of benzene rings is 1. The Bertz CT molecular complexity index is 547. The highest BCUT2D eigenvalue weighted by molar-refractivity contribution is 5.81. The molecule has 0 atom stereocenters. The second-order valence-corrected chi connectivity index (χ2v) is 4.75. The van der Waals surface area contributed by atoms with Gasteiger partial charge in [-0.1, -0.05) is 0 Å². The fraction of sp³-hybridized carbons (Fsp3) is 0.462. The highest BCUT2D eigenvalue weighted by atomic mass is 16.5. The lowest BCUT2D eigenvalue weighted by atomic mass is 10.3. The molecule has 2 aromatic rings. The van der Waals surface area contributed by atoms with Crippen LogP contribution in [0.5, 0.6) is 0 Å². The Morgan fingerprint density at radius 2 is 2.33 bits per heavy atom. The third kappa shape index (κ3) is 2.13. The van der Waals surface area contributed by atoms with Gasteiger partial charge in [-0.3, -0.25) is 0 Å². The van der Waals surface area contributed by atoms with Gasteiger partial charge in [-0.15, -0.1) is 0 Å². The van der Waals surface area contributed by atoms with E-state index in [4.69, 9.17) is 10.5 Å². The van der Waals surface area contributed by atoms with E-state index in [0.29, 0.717) is 6.04 Å². The predicted molar refractivity (Wildman–Crippen MR) is 72.8 cm³/mol. The van der Waals surface area contributed by atoms with E-state index in [1.165, 1.54) is 12.8 Å². The molecule has 18 heavy (non-hydrogen) atoms. The van der Waals surface area contributed by atoms with E-state index in [9.17, 15) is 0 Å². The molecule has 0 bridgehead atoms. The second kappa shape index (κ2) is 4.49. The van der Waals surface area contributed by atoms with Gasteiger partial charge < -0.3 is 20.4 Å². The van der Waals surface area contributed by atoms with Gasteiger partial charge in [0.1, 0.15) is 0 Å². The number of nitrogen functional groups attached to an aromatic ring is 1. The predicted octanol–water partition coefficient (Wildman–Crippen LogP) is 1.76. The third-order valence-electron chi connectivity index (χ3n) is 3.29. The first-order chi connectivity index (χ1) is 8.78. The van der Waals surface area contributed by atoms with Crippen LogP contribution in [0.2, 0.25) is 0 Å². The molecule has 5 heteroatoms. The minimum atomic E-state index is 0.609. The molecule has 1 aromatic heterocycles. The third-order valence-corrected chi connectivity index (χ3v) is 3.29. The van der Waals surface area contributed by atoms with Crippen LogP contribution in [0, 0.1) is 0 Å². The zero-order valence-corrected chi connectivity index (χ0v) is 10.5. The molecule has 3 rings (SSSR count). The molecule has 1 saturated carbocycles. The van der Waals surface area contributed by atoms with Crippen molar-refractivity contribution in [2.75, 3.05) is 30.9 Å². The van der Waals surface area contributed by atoms with E-state index in [1.807, 2.05) is 18.2 Å². The standard InChI is InChI=1S/C13H18N4O/c1-18-7-6-17(10-3-4-10)13-15-11-5-2-9(14)8-12(11)16-13/h2,5,8,10H,3-4,6-7,14H2,1H3,(H,15,16). The summed E-state index contributed by atoms with van der Waals surface area (Å²) in [6.07, 6.45) is 2.48. The van der Waals surface area contributed by atoms with Gasteiger partial charge in [-0.25, -0.2) is 4.98 Å². The van der Waals surface area contributed by atoms with Gasteiger partial charge in [-0.2, -0.15) is 0 Å². The van der Waals surface area contributed by atoms with Crippen LogP contribution in [0.15, 0.2) is 18.2 Å². The number of aromatic amines is 1. The van der Waals surface area contributed by atoms with E-state index in [2.05, 4.69) is 14.9 Å². The number of ether oxygens (including phenoxy) is 1. The number of H-pyrrole nitrogens is 1. The van der Waals surface area contributed by atoms with Crippen molar-refractivity contribution < 1.29 is 4.74 Å². The molecule has 0 saturated heterocycles. The van der Waals surface area contributed by atoms with E-state index >= 15 is 0 Å². The van der Waals surface area contributed by atoms with Crippen LogP contribution in [0.4, 0.5) is 11.6 Å². The zero-order valence-electron chi connectivity index (χ0n) is 10.5. The topological polar surface area (TPSA) is 67.2 Å². The van der Waals surface area contributed by atoms with Gasteiger partial charge in [-0.05, 0) is 31.0 Å². The van der Waals surface area contributed by atoms with E-state index in [-0.39, 0.29) is 0 Å². The van der Waals surface area contributed by atoms with Crippen LogP contribution in [-0.2, 0) is 4.74 Å². The first-order valence-electron chi connectivity index (χ1n) is 6.29. The minimum Gasteiger partial charge on any atom is -0.399 e. The average Bonchev–Trinajstić information content (AvgIpc) is 3.10. The first kappa shape index (κ1) is 11.3. The fourth-order valence-corrected chi connectivity index (χ4v) is 2.19. The van der Waals surface area contributed by atoms with Crippen molar-refractivity contribution >= 4 is 22.7 Å². The summed E-state index contributed by atoms with van der Waals surface area (Å²) in [5, 5.41) is 0. The number of fused-ring (bicyclic) bond motifs is 1. The van der Waals surface area contributed by atoms with Crippen molar-refractivity contribution in [3.63, 3.8) is 0 Å². The van der Waals surface area contributed by atoms with E-state index in [1.54, 1.807) is 7.11 Å². The SMILES string of the molecule is COCCN(c1nc2ccc(N)cc2[nH]1)C1CC1. The molecule has 1 fully saturated rings. The summed E-state index contributed by atoms with van der Waals surface area (Å²) < 4.78 is 5.16. The zero-order chi connectivity index (χ0) is 12.5. The number of anilines is 2. The lowest BCUT2D eigenvalue weighted by Crippen LogP contribution is -2.30. The lowest BCUT2D eigenvalue weighted by Gasteiger charge is -2.20. The number of hydrogen-bond donors (Lipinski definition) is 2. The van der Waals surface area contributed by atoms with Crippen LogP contribution in [0.3, 0.4) is 0 Å². The first-order valence-corrected chi connectivity index (χ1v) is 6.29. The molecule has 1 aliphatic carbocycles. The summed E-state index contributed by atoms with van der Waals surface area (Å²) >= 11 is 0. The molecule has 1 heterocycles. The Balaban J connectivity index is 1.90. The highest BCUT2D eigenvalue weighted by Gasteiger charge is 2.30. The Labute approximate surface area is 106 Å². The second-order valence-electron chi connectivity index (χ2n) is 4.75. The Kier molecular flexibility index (Phi) is 2.83. The smallest absolute Gasteiger partial charge is 0.204 e. The molecule has 5 nitrogen and oxygen atoms in total. The van der Waals surface area contributed by atoms with Crippen LogP contribution < -0.4 is 10.6 Å². The number of imidazole rings is 1. The fourth-order valence-electron chi connectivity index (χ4n) is 2.19. The number of methoxy groups -OCH3 is 1. The van der Waals surface area contributed by atoms with Crippen LogP contribution in [-0.4, -0.2) is 36.3 Å². The number of rotatable bonds is 5. The maximum atomic E-state index is 5.78. The van der Waals surface area contributed by atoms with E-state index in [0.717, 1.165) is 35.8 Å². The van der Waals surface area contributed by atoms with Gasteiger partial charge >= 0.3 is 0 Å². The summed E-state index contributed by atoms with van der Waals surface area (Å²) in [5.74, 6) is 0.926. The molecular weight excluding hydrogens is 228 g/mol. The highest BCUT2D eigenvalue weighted by Crippen LogP contribution is 2.31. The molecule has 0 radical (unpaired) electrons. The quantitative estimate of drug-likeness (QED) is 0.789. The van der Waals surface area contributed by atoms with Gasteiger partial charge in [0, 0.05) is 25.4 Å². The molecule has 0 amide bonds. The molecule has 3 N–H and O–H groups in total. The van der Waals surface area contributed by atoms with Crippen molar-refractivity contribution in [3.8, 4) is 0 Å². The Hall–Kier alpha value is -1.75. The van der Waals surface area contributed by atoms with Crippen LogP contribution in [0.25, 0.3) is 11.0 Å². The number of hydrogen-bond acceptors (Lipinski definition) is 4. The molecule has 0 spiro atoms. The summed E-state index contributed by atoms with van der Waals surface area (Å²) in [7, 11) is 1.73. The minimum absolute atomic E-state index is 0.609. The van der Waals surface area contributed by atoms with Gasteiger partial charge in [0.15, 0.2) is 0 Å². The summed E-state index contributed by atoms with van der Waals surface area (Å²) in [6.45, 7) is 1.59. The lowest BCUT2D eigenvalue weighted by molar-refractivity contribution is 0.204. The van der Waals surface area contributed by atoms with Gasteiger partial charge in [0.05, 0.1) is 17.6 Å². The molecule has 1 aliphatic rings. The van der Waals surface area contributed by atoms with Crippen molar-refractivity contribution in [1.82, 2.24) is 9.97 Å². The Morgan fingerprint density at radius 1 is 1.50 bits per heavy atom. The average molecular weight is 246 g/mol. The normalized spacial score (nSPS) is 15.2. The number of nitrogens with two attached hydrogens (primary N) is 1. The van der Waals surface area contributed by atoms with Crippen molar-refractivity contribution in [3.05, 3.63) is 18.2 Å². The molecular formula is C13H18N4O. The summed E-state index contributed by atoms with van der Waals surface area (Å²) in [5.41, 5.74) is 8.49. The summed E-state index contributed by atoms with van der Waals surface area (Å²) in [6, 6.07) is 6.36. The van der Waals surface area contributed by atoms with Gasteiger partial charge in [0.25, 0.3) is 0 Å². The summed E-state index contributed by atoms with van der Waals surface area (Å²) in [4.78, 5) is 10.3. The molecule has 0 aliphatic heterocycles. The maximum absolute atomic E-state index is 5.78. The van der Waals surface area contributed by atoms with Crippen molar-refractivity contribution in [2.24, 2.45) is 0 Å². The number of aromatic nitrogens is 2. The maximum Gasteiger partial charge on any atom is 0.204 e. The Morgan fingerprint density at radius 3 is 3.06 bits per heavy atom.